The third-order valence-electron chi connectivity index (χ3n) is 4.40. The highest BCUT2D eigenvalue weighted by Crippen LogP contribution is 2.40. The van der Waals surface area contributed by atoms with E-state index in [-0.39, 0.29) is 18.1 Å². The molecular formula is C16H20ClNO4. The van der Waals surface area contributed by atoms with Crippen molar-refractivity contribution >= 4 is 17.5 Å². The first-order chi connectivity index (χ1) is 10.6. The summed E-state index contributed by atoms with van der Waals surface area (Å²) in [5.41, 5.74) is 0.989. The number of nitrogens with one attached hydrogen (secondary N) is 1. The van der Waals surface area contributed by atoms with Gasteiger partial charge in [0.15, 0.2) is 11.5 Å². The zero-order valence-corrected chi connectivity index (χ0v) is 13.3. The first-order valence-corrected chi connectivity index (χ1v) is 7.94. The zero-order chi connectivity index (χ0) is 15.6. The number of alkyl halides is 1. The van der Waals surface area contributed by atoms with Gasteiger partial charge < -0.3 is 19.5 Å². The van der Waals surface area contributed by atoms with Gasteiger partial charge in [0.2, 0.25) is 12.7 Å². The number of halogens is 1. The molecule has 1 unspecified atom stereocenters. The molecule has 3 rings (SSSR count). The molecule has 1 aromatic rings. The van der Waals surface area contributed by atoms with Gasteiger partial charge in [-0.05, 0) is 37.5 Å². The van der Waals surface area contributed by atoms with Crippen molar-refractivity contribution in [3.05, 3.63) is 23.8 Å². The van der Waals surface area contributed by atoms with Crippen LogP contribution in [0.25, 0.3) is 0 Å². The van der Waals surface area contributed by atoms with Crippen LogP contribution in [0.4, 0.5) is 0 Å². The molecule has 2 heterocycles. The number of amides is 1. The van der Waals surface area contributed by atoms with Gasteiger partial charge in [-0.25, -0.2) is 0 Å². The first kappa shape index (κ1) is 15.4. The van der Waals surface area contributed by atoms with E-state index in [9.17, 15) is 4.79 Å². The molecule has 2 aliphatic rings. The van der Waals surface area contributed by atoms with Crippen LogP contribution in [0.15, 0.2) is 18.2 Å². The second-order valence-corrected chi connectivity index (χ2v) is 6.45. The smallest absolute Gasteiger partial charge is 0.237 e. The summed E-state index contributed by atoms with van der Waals surface area (Å²) in [6, 6.07) is 6.00. The number of carbonyl (C=O) groups excluding carboxylic acids is 1. The van der Waals surface area contributed by atoms with Gasteiger partial charge in [0.05, 0.1) is 0 Å². The quantitative estimate of drug-likeness (QED) is 0.862. The van der Waals surface area contributed by atoms with Crippen LogP contribution in [0.3, 0.4) is 0 Å². The molecule has 0 saturated carbocycles. The second kappa shape index (κ2) is 6.34. The third kappa shape index (κ3) is 3.01. The minimum atomic E-state index is -0.534. The minimum absolute atomic E-state index is 0.145. The predicted molar refractivity (Wildman–Crippen MR) is 82.6 cm³/mol. The minimum Gasteiger partial charge on any atom is -0.454 e. The second-order valence-electron chi connectivity index (χ2n) is 5.79. The summed E-state index contributed by atoms with van der Waals surface area (Å²) >= 11 is 5.84. The molecule has 1 amide bonds. The number of rotatable bonds is 4. The Hall–Kier alpha value is -1.46. The Labute approximate surface area is 134 Å². The summed E-state index contributed by atoms with van der Waals surface area (Å²) < 4.78 is 16.3. The molecule has 0 bridgehead atoms. The largest absolute Gasteiger partial charge is 0.454 e. The van der Waals surface area contributed by atoms with E-state index >= 15 is 0 Å². The Morgan fingerprint density at radius 2 is 2.05 bits per heavy atom. The molecule has 1 N–H and O–H groups in total. The van der Waals surface area contributed by atoms with Crippen molar-refractivity contribution in [3.8, 4) is 11.5 Å². The SMILES string of the molecule is CC(Cl)C(=O)NCC1(c2ccc3c(c2)OCO3)CCOCC1. The van der Waals surface area contributed by atoms with Gasteiger partial charge in [0.1, 0.15) is 5.38 Å². The lowest BCUT2D eigenvalue weighted by molar-refractivity contribution is -0.121. The van der Waals surface area contributed by atoms with Crippen LogP contribution in [0.5, 0.6) is 11.5 Å². The average molecular weight is 326 g/mol. The van der Waals surface area contributed by atoms with E-state index in [1.165, 1.54) is 0 Å². The van der Waals surface area contributed by atoms with Crippen molar-refractivity contribution in [1.82, 2.24) is 5.32 Å². The normalized spacial score (nSPS) is 20.5. The van der Waals surface area contributed by atoms with Gasteiger partial charge in [-0.15, -0.1) is 11.6 Å². The molecule has 0 spiro atoms. The lowest BCUT2D eigenvalue weighted by Gasteiger charge is -2.38. The fourth-order valence-corrected chi connectivity index (χ4v) is 3.03. The molecule has 0 aromatic heterocycles. The Balaban J connectivity index is 1.84. The Morgan fingerprint density at radius 1 is 1.32 bits per heavy atom. The molecule has 5 nitrogen and oxygen atoms in total. The van der Waals surface area contributed by atoms with Crippen LogP contribution in [0.1, 0.15) is 25.3 Å². The molecule has 0 aliphatic carbocycles. The summed E-state index contributed by atoms with van der Waals surface area (Å²) in [7, 11) is 0. The Morgan fingerprint density at radius 3 is 2.77 bits per heavy atom. The molecule has 1 aromatic carbocycles. The van der Waals surface area contributed by atoms with E-state index in [1.54, 1.807) is 6.92 Å². The van der Waals surface area contributed by atoms with E-state index in [0.717, 1.165) is 29.9 Å². The van der Waals surface area contributed by atoms with Crippen LogP contribution >= 0.6 is 11.6 Å². The maximum atomic E-state index is 11.8. The van der Waals surface area contributed by atoms with Gasteiger partial charge in [0.25, 0.3) is 0 Å². The number of hydrogen-bond donors (Lipinski definition) is 1. The van der Waals surface area contributed by atoms with Gasteiger partial charge in [-0.3, -0.25) is 4.79 Å². The number of benzene rings is 1. The van der Waals surface area contributed by atoms with Gasteiger partial charge in [0, 0.05) is 25.2 Å². The summed E-state index contributed by atoms with van der Waals surface area (Å²) in [4.78, 5) is 11.8. The molecule has 22 heavy (non-hydrogen) atoms. The van der Waals surface area contributed by atoms with Crippen LogP contribution < -0.4 is 14.8 Å². The molecule has 1 fully saturated rings. The fourth-order valence-electron chi connectivity index (χ4n) is 2.95. The molecule has 6 heteroatoms. The maximum Gasteiger partial charge on any atom is 0.237 e. The van der Waals surface area contributed by atoms with Crippen molar-refractivity contribution in [2.45, 2.75) is 30.6 Å². The lowest BCUT2D eigenvalue weighted by Crippen LogP contribution is -2.46. The molecule has 0 radical (unpaired) electrons. The van der Waals surface area contributed by atoms with Gasteiger partial charge in [-0.1, -0.05) is 6.07 Å². The van der Waals surface area contributed by atoms with E-state index in [0.29, 0.717) is 19.8 Å². The monoisotopic (exact) mass is 325 g/mol. The predicted octanol–water partition coefficient (Wildman–Crippen LogP) is 2.21. The molecule has 2 aliphatic heterocycles. The van der Waals surface area contributed by atoms with Crippen LogP contribution in [0, 0.1) is 0 Å². The van der Waals surface area contributed by atoms with Crippen molar-refractivity contribution < 1.29 is 19.0 Å². The van der Waals surface area contributed by atoms with Crippen molar-refractivity contribution in [1.29, 1.82) is 0 Å². The molecule has 120 valence electrons. The van der Waals surface area contributed by atoms with Gasteiger partial charge >= 0.3 is 0 Å². The van der Waals surface area contributed by atoms with Crippen LogP contribution in [-0.2, 0) is 14.9 Å². The highest BCUT2D eigenvalue weighted by atomic mass is 35.5. The zero-order valence-electron chi connectivity index (χ0n) is 12.6. The van der Waals surface area contributed by atoms with Crippen LogP contribution in [0.2, 0.25) is 0 Å². The van der Waals surface area contributed by atoms with E-state index in [2.05, 4.69) is 11.4 Å². The molecule has 1 saturated heterocycles. The Bertz CT molecular complexity index is 555. The summed E-state index contributed by atoms with van der Waals surface area (Å²) in [6.45, 7) is 3.84. The number of carbonyl (C=O) groups is 1. The number of fused-ring (bicyclic) bond motifs is 1. The topological polar surface area (TPSA) is 56.8 Å². The third-order valence-corrected chi connectivity index (χ3v) is 4.60. The highest BCUT2D eigenvalue weighted by Gasteiger charge is 2.36. The maximum absolute atomic E-state index is 11.8. The summed E-state index contributed by atoms with van der Waals surface area (Å²) in [6.07, 6.45) is 1.70. The van der Waals surface area contributed by atoms with E-state index < -0.39 is 5.38 Å². The number of ether oxygens (including phenoxy) is 3. The average Bonchev–Trinajstić information content (AvgIpc) is 3.01. The summed E-state index contributed by atoms with van der Waals surface area (Å²) in [5.74, 6) is 1.39. The number of hydrogen-bond acceptors (Lipinski definition) is 4. The molecular weight excluding hydrogens is 306 g/mol. The van der Waals surface area contributed by atoms with Crippen molar-refractivity contribution in [2.24, 2.45) is 0 Å². The van der Waals surface area contributed by atoms with E-state index in [1.807, 2.05) is 12.1 Å². The summed E-state index contributed by atoms with van der Waals surface area (Å²) in [5, 5.41) is 2.43. The van der Waals surface area contributed by atoms with Crippen molar-refractivity contribution in [2.75, 3.05) is 26.6 Å². The highest BCUT2D eigenvalue weighted by molar-refractivity contribution is 6.30. The first-order valence-electron chi connectivity index (χ1n) is 7.50. The Kier molecular flexibility index (Phi) is 4.45. The lowest BCUT2D eigenvalue weighted by atomic mass is 9.74. The molecule has 1 atom stereocenters. The fraction of sp³-hybridized carbons (Fsp3) is 0.562. The van der Waals surface area contributed by atoms with Crippen LogP contribution in [-0.4, -0.2) is 37.8 Å². The standard InChI is InChI=1S/C16H20ClNO4/c1-11(17)15(19)18-9-16(4-6-20-7-5-16)12-2-3-13-14(8-12)22-10-21-13/h2-3,8,11H,4-7,9-10H2,1H3,(H,18,19). The van der Waals surface area contributed by atoms with Gasteiger partial charge in [-0.2, -0.15) is 0 Å². The van der Waals surface area contributed by atoms with E-state index in [4.69, 9.17) is 25.8 Å². The van der Waals surface area contributed by atoms with Crippen molar-refractivity contribution in [3.63, 3.8) is 0 Å².